The van der Waals surface area contributed by atoms with E-state index >= 15 is 0 Å². The molecule has 0 unspecified atom stereocenters. The first-order valence-electron chi connectivity index (χ1n) is 20.5. The van der Waals surface area contributed by atoms with E-state index in [-0.39, 0.29) is 0 Å². The molecule has 2 heterocycles. The van der Waals surface area contributed by atoms with Crippen LogP contribution in [-0.2, 0) is 5.41 Å². The van der Waals surface area contributed by atoms with Crippen molar-refractivity contribution in [1.29, 1.82) is 0 Å². The lowest BCUT2D eigenvalue weighted by Gasteiger charge is -2.30. The molecule has 0 saturated heterocycles. The molecule has 9 aromatic carbocycles. The lowest BCUT2D eigenvalue weighted by atomic mass is 9.70. The molecule has 60 heavy (non-hydrogen) atoms. The summed E-state index contributed by atoms with van der Waals surface area (Å²) in [6.07, 6.45) is 0. The number of nitrogens with zero attached hydrogens (tertiary/aromatic N) is 4. The van der Waals surface area contributed by atoms with Gasteiger partial charge in [0.25, 0.3) is 0 Å². The second-order valence-corrected chi connectivity index (χ2v) is 15.9. The summed E-state index contributed by atoms with van der Waals surface area (Å²) >= 11 is 0. The zero-order valence-electron chi connectivity index (χ0n) is 32.4. The van der Waals surface area contributed by atoms with Crippen LogP contribution in [0.15, 0.2) is 206 Å². The van der Waals surface area contributed by atoms with Gasteiger partial charge in [0, 0.05) is 21.9 Å². The zero-order chi connectivity index (χ0) is 39.4. The van der Waals surface area contributed by atoms with Crippen molar-refractivity contribution >= 4 is 32.6 Å². The van der Waals surface area contributed by atoms with E-state index < -0.39 is 5.41 Å². The van der Waals surface area contributed by atoms with Crippen LogP contribution in [0.2, 0.25) is 0 Å². The summed E-state index contributed by atoms with van der Waals surface area (Å²) in [6.45, 7) is 0. The van der Waals surface area contributed by atoms with E-state index in [9.17, 15) is 0 Å². The Bertz CT molecular complexity index is 3500. The van der Waals surface area contributed by atoms with E-state index in [1.54, 1.807) is 0 Å². The Labute approximate surface area is 346 Å². The molecule has 0 amide bonds. The van der Waals surface area contributed by atoms with Crippen LogP contribution in [-0.4, -0.2) is 19.5 Å². The molecular weight excluding hydrogens is 729 g/mol. The molecule has 0 atom stereocenters. The lowest BCUT2D eigenvalue weighted by Crippen LogP contribution is -2.25. The number of hydrogen-bond donors (Lipinski definition) is 0. The third-order valence-electron chi connectivity index (χ3n) is 12.9. The van der Waals surface area contributed by atoms with Crippen molar-refractivity contribution < 1.29 is 0 Å². The number of para-hydroxylation sites is 1. The second kappa shape index (κ2) is 12.5. The Kier molecular flexibility index (Phi) is 6.90. The molecule has 2 aromatic heterocycles. The van der Waals surface area contributed by atoms with Crippen molar-refractivity contribution in [2.24, 2.45) is 0 Å². The summed E-state index contributed by atoms with van der Waals surface area (Å²) in [4.78, 5) is 15.6. The normalized spacial score (nSPS) is 13.1. The van der Waals surface area contributed by atoms with Gasteiger partial charge in [-0.15, -0.1) is 0 Å². The van der Waals surface area contributed by atoms with Gasteiger partial charge >= 0.3 is 0 Å². The second-order valence-electron chi connectivity index (χ2n) is 15.9. The van der Waals surface area contributed by atoms with Gasteiger partial charge in [0.2, 0.25) is 5.95 Å². The van der Waals surface area contributed by atoms with Crippen molar-refractivity contribution in [3.8, 4) is 62.1 Å². The van der Waals surface area contributed by atoms with Gasteiger partial charge in [-0.1, -0.05) is 182 Å². The molecule has 4 heteroatoms. The van der Waals surface area contributed by atoms with E-state index in [0.717, 1.165) is 43.9 Å². The Morgan fingerprint density at radius 1 is 0.317 bits per heavy atom. The number of aromatic nitrogens is 4. The van der Waals surface area contributed by atoms with Crippen LogP contribution < -0.4 is 0 Å². The number of rotatable bonds is 4. The predicted octanol–water partition coefficient (Wildman–Crippen LogP) is 13.5. The highest BCUT2D eigenvalue weighted by Crippen LogP contribution is 2.63. The third kappa shape index (κ3) is 4.59. The summed E-state index contributed by atoms with van der Waals surface area (Å²) in [5.74, 6) is 1.84. The lowest BCUT2D eigenvalue weighted by molar-refractivity contribution is 0.794. The van der Waals surface area contributed by atoms with Crippen molar-refractivity contribution in [3.63, 3.8) is 0 Å². The first kappa shape index (κ1) is 33.1. The maximum absolute atomic E-state index is 5.28. The average molecular weight is 763 g/mol. The molecule has 2 aliphatic rings. The van der Waals surface area contributed by atoms with Gasteiger partial charge in [0.15, 0.2) is 11.6 Å². The predicted molar refractivity (Wildman–Crippen MR) is 244 cm³/mol. The molecule has 0 bridgehead atoms. The number of benzene rings is 9. The molecule has 11 aromatic rings. The van der Waals surface area contributed by atoms with Gasteiger partial charge in [-0.05, 0) is 90.7 Å². The zero-order valence-corrected chi connectivity index (χ0v) is 32.4. The fourth-order valence-corrected chi connectivity index (χ4v) is 10.3. The van der Waals surface area contributed by atoms with Gasteiger partial charge in [0.05, 0.1) is 16.4 Å². The summed E-state index contributed by atoms with van der Waals surface area (Å²) in [5, 5.41) is 4.61. The molecule has 1 spiro atoms. The fourth-order valence-electron chi connectivity index (χ4n) is 10.3. The molecule has 13 rings (SSSR count). The number of fused-ring (bicyclic) bond motifs is 14. The van der Waals surface area contributed by atoms with Gasteiger partial charge in [-0.2, -0.15) is 9.97 Å². The maximum atomic E-state index is 5.28. The van der Waals surface area contributed by atoms with Crippen LogP contribution in [0.5, 0.6) is 0 Å². The van der Waals surface area contributed by atoms with E-state index in [4.69, 9.17) is 15.0 Å². The Hall–Kier alpha value is -7.95. The summed E-state index contributed by atoms with van der Waals surface area (Å²) < 4.78 is 2.22. The Morgan fingerprint density at radius 2 is 0.850 bits per heavy atom. The molecular formula is C56H34N4. The van der Waals surface area contributed by atoms with Crippen LogP contribution in [0.25, 0.3) is 94.7 Å². The van der Waals surface area contributed by atoms with E-state index in [1.165, 1.54) is 55.5 Å². The molecule has 0 aliphatic heterocycles. The van der Waals surface area contributed by atoms with Gasteiger partial charge in [-0.3, -0.25) is 4.57 Å². The molecule has 2 aliphatic carbocycles. The summed E-state index contributed by atoms with van der Waals surface area (Å²) in [5.41, 5.74) is 16.4. The van der Waals surface area contributed by atoms with Crippen molar-refractivity contribution in [1.82, 2.24) is 19.5 Å². The maximum Gasteiger partial charge on any atom is 0.238 e. The highest BCUT2D eigenvalue weighted by atomic mass is 15.2. The molecule has 0 fully saturated rings. The highest BCUT2D eigenvalue weighted by Gasteiger charge is 2.51. The van der Waals surface area contributed by atoms with E-state index in [2.05, 4.69) is 193 Å². The number of hydrogen-bond acceptors (Lipinski definition) is 3. The monoisotopic (exact) mass is 762 g/mol. The van der Waals surface area contributed by atoms with Crippen LogP contribution in [0, 0.1) is 0 Å². The SMILES string of the molecule is c1ccc(-c2nc(-c3ccc4ccccc4c3)nc(-n3c4ccccc4c4ccc(-c5ccc6c(c5)C5(c7ccccc7-c7ccccc75)c5ccccc5-6)cc43)n2)cc1. The highest BCUT2D eigenvalue weighted by molar-refractivity contribution is 6.10. The molecule has 0 radical (unpaired) electrons. The van der Waals surface area contributed by atoms with Crippen LogP contribution in [0.3, 0.4) is 0 Å². The molecule has 0 saturated carbocycles. The van der Waals surface area contributed by atoms with Crippen LogP contribution in [0.1, 0.15) is 22.3 Å². The average Bonchev–Trinajstić information content (AvgIpc) is 3.93. The fraction of sp³-hybridized carbons (Fsp3) is 0.0179. The van der Waals surface area contributed by atoms with Crippen molar-refractivity contribution in [2.45, 2.75) is 5.41 Å². The van der Waals surface area contributed by atoms with Crippen LogP contribution >= 0.6 is 0 Å². The molecule has 4 nitrogen and oxygen atoms in total. The first-order valence-corrected chi connectivity index (χ1v) is 20.5. The smallest absolute Gasteiger partial charge is 0.238 e. The Morgan fingerprint density at radius 3 is 1.58 bits per heavy atom. The minimum atomic E-state index is -0.411. The first-order chi connectivity index (χ1) is 29.7. The van der Waals surface area contributed by atoms with E-state index in [0.29, 0.717) is 17.6 Å². The van der Waals surface area contributed by atoms with Gasteiger partial charge in [0.1, 0.15) is 0 Å². The minimum absolute atomic E-state index is 0.411. The van der Waals surface area contributed by atoms with Crippen LogP contribution in [0.4, 0.5) is 0 Å². The van der Waals surface area contributed by atoms with Gasteiger partial charge < -0.3 is 0 Å². The Balaban J connectivity index is 1.04. The quantitative estimate of drug-likeness (QED) is 0.179. The van der Waals surface area contributed by atoms with E-state index in [1.807, 2.05) is 18.2 Å². The van der Waals surface area contributed by atoms with Gasteiger partial charge in [-0.25, -0.2) is 4.98 Å². The summed E-state index contributed by atoms with van der Waals surface area (Å²) in [7, 11) is 0. The molecule has 0 N–H and O–H groups in total. The summed E-state index contributed by atoms with van der Waals surface area (Å²) in [6, 6.07) is 74.5. The third-order valence-corrected chi connectivity index (χ3v) is 12.9. The standard InChI is InChI=1S/C56H34N4/c1-2-15-36(16-3-1)53-57-54(40-27-26-35-14-4-5-17-37(35)32-40)59-55(58-53)60-51-25-13-9-21-45(51)46-31-29-39(34-52(46)60)38-28-30-44-43-20-8-12-24-49(43)56(50(44)33-38)47-22-10-6-18-41(47)42-19-7-11-23-48(42)56/h1-34H. The minimum Gasteiger partial charge on any atom is -0.278 e. The molecule has 278 valence electrons. The topological polar surface area (TPSA) is 43.6 Å². The van der Waals surface area contributed by atoms with Crippen molar-refractivity contribution in [3.05, 3.63) is 229 Å². The largest absolute Gasteiger partial charge is 0.278 e. The van der Waals surface area contributed by atoms with Crippen molar-refractivity contribution in [2.75, 3.05) is 0 Å².